The Bertz CT molecular complexity index is 789. The molecule has 1 atom stereocenters. The minimum atomic E-state index is -0.309. The molecule has 130 valence electrons. The number of benzene rings is 1. The molecule has 25 heavy (non-hydrogen) atoms. The molecule has 2 aliphatic rings. The second-order valence-corrected chi connectivity index (χ2v) is 6.76. The van der Waals surface area contributed by atoms with Gasteiger partial charge in [-0.05, 0) is 30.7 Å². The van der Waals surface area contributed by atoms with Gasteiger partial charge in [-0.3, -0.25) is 4.79 Å². The summed E-state index contributed by atoms with van der Waals surface area (Å²) in [6.07, 6.45) is 3.92. The minimum absolute atomic E-state index is 0.0142. The first-order chi connectivity index (χ1) is 12.2. The summed E-state index contributed by atoms with van der Waals surface area (Å²) in [4.78, 5) is 23.6. The van der Waals surface area contributed by atoms with Gasteiger partial charge in [0.1, 0.15) is 11.6 Å². The van der Waals surface area contributed by atoms with Crippen LogP contribution in [0.4, 0.5) is 4.39 Å². The van der Waals surface area contributed by atoms with Crippen molar-refractivity contribution in [3.63, 3.8) is 0 Å². The number of hydrogen-bond acceptors (Lipinski definition) is 4. The van der Waals surface area contributed by atoms with Crippen LogP contribution in [0.1, 0.15) is 35.0 Å². The van der Waals surface area contributed by atoms with E-state index in [1.165, 1.54) is 12.1 Å². The first-order valence-electron chi connectivity index (χ1n) is 8.76. The zero-order valence-corrected chi connectivity index (χ0v) is 14.0. The molecule has 2 aromatic rings. The summed E-state index contributed by atoms with van der Waals surface area (Å²) in [5, 5.41) is 3.34. The lowest BCUT2D eigenvalue weighted by atomic mass is 10.0. The highest BCUT2D eigenvalue weighted by atomic mass is 19.1. The standard InChI is InChI=1S/C19H21FN4O/c20-16-3-1-2-13(8-16)9-18(25)24-7-5-17-15(12-24)11-22-19(23-17)14-4-6-21-10-14/h1-3,8,11,14,21H,4-7,9-10,12H2/t14-/m0/s1. The second kappa shape index (κ2) is 6.88. The molecule has 2 aliphatic heterocycles. The predicted octanol–water partition coefficient (Wildman–Crippen LogP) is 1.82. The van der Waals surface area contributed by atoms with Gasteiger partial charge in [-0.2, -0.15) is 0 Å². The van der Waals surface area contributed by atoms with E-state index < -0.39 is 0 Å². The molecular weight excluding hydrogens is 319 g/mol. The molecule has 1 saturated heterocycles. The van der Waals surface area contributed by atoms with E-state index in [1.54, 1.807) is 12.1 Å². The van der Waals surface area contributed by atoms with Crippen LogP contribution in [0.15, 0.2) is 30.5 Å². The smallest absolute Gasteiger partial charge is 0.227 e. The minimum Gasteiger partial charge on any atom is -0.338 e. The van der Waals surface area contributed by atoms with E-state index in [0.29, 0.717) is 24.6 Å². The summed E-state index contributed by atoms with van der Waals surface area (Å²) in [5.74, 6) is 1.03. The Kier molecular flexibility index (Phi) is 4.44. The maximum atomic E-state index is 13.3. The van der Waals surface area contributed by atoms with Crippen LogP contribution in [0.2, 0.25) is 0 Å². The van der Waals surface area contributed by atoms with Gasteiger partial charge in [-0.25, -0.2) is 14.4 Å². The Labute approximate surface area is 146 Å². The number of halogens is 1. The number of hydrogen-bond donors (Lipinski definition) is 1. The molecule has 0 saturated carbocycles. The largest absolute Gasteiger partial charge is 0.338 e. The van der Waals surface area contributed by atoms with Crippen LogP contribution >= 0.6 is 0 Å². The highest BCUT2D eigenvalue weighted by Crippen LogP contribution is 2.23. The van der Waals surface area contributed by atoms with Crippen molar-refractivity contribution in [1.82, 2.24) is 20.2 Å². The van der Waals surface area contributed by atoms with Gasteiger partial charge in [0.2, 0.25) is 5.91 Å². The highest BCUT2D eigenvalue weighted by Gasteiger charge is 2.25. The molecule has 1 fully saturated rings. The summed E-state index contributed by atoms with van der Waals surface area (Å²) in [7, 11) is 0. The van der Waals surface area contributed by atoms with Gasteiger partial charge < -0.3 is 10.2 Å². The van der Waals surface area contributed by atoms with Gasteiger partial charge in [0.25, 0.3) is 0 Å². The van der Waals surface area contributed by atoms with Crippen molar-refractivity contribution in [2.45, 2.75) is 31.7 Å². The van der Waals surface area contributed by atoms with Crippen molar-refractivity contribution in [3.05, 3.63) is 58.9 Å². The van der Waals surface area contributed by atoms with E-state index >= 15 is 0 Å². The molecule has 0 spiro atoms. The SMILES string of the molecule is O=C(Cc1cccc(F)c1)N1CCc2nc([C@H]3CCNC3)ncc2C1. The van der Waals surface area contributed by atoms with Crippen molar-refractivity contribution in [2.24, 2.45) is 0 Å². The number of rotatable bonds is 3. The third kappa shape index (κ3) is 3.54. The molecular formula is C19H21FN4O. The highest BCUT2D eigenvalue weighted by molar-refractivity contribution is 5.79. The molecule has 0 unspecified atom stereocenters. The van der Waals surface area contributed by atoms with Crippen molar-refractivity contribution in [2.75, 3.05) is 19.6 Å². The van der Waals surface area contributed by atoms with E-state index in [2.05, 4.69) is 10.3 Å². The molecule has 4 rings (SSSR count). The van der Waals surface area contributed by atoms with Crippen molar-refractivity contribution < 1.29 is 9.18 Å². The predicted molar refractivity (Wildman–Crippen MR) is 91.5 cm³/mol. The Balaban J connectivity index is 1.44. The first kappa shape index (κ1) is 16.1. The quantitative estimate of drug-likeness (QED) is 0.926. The number of nitrogens with zero attached hydrogens (tertiary/aromatic N) is 3. The maximum absolute atomic E-state index is 13.3. The Morgan fingerprint density at radius 1 is 1.40 bits per heavy atom. The zero-order chi connectivity index (χ0) is 17.2. The molecule has 1 amide bonds. The summed E-state index contributed by atoms with van der Waals surface area (Å²) >= 11 is 0. The van der Waals surface area contributed by atoms with Crippen LogP contribution in [0.5, 0.6) is 0 Å². The summed E-state index contributed by atoms with van der Waals surface area (Å²) in [6.45, 7) is 3.15. The molecule has 0 aliphatic carbocycles. The summed E-state index contributed by atoms with van der Waals surface area (Å²) in [6, 6.07) is 6.22. The third-order valence-electron chi connectivity index (χ3n) is 4.98. The van der Waals surface area contributed by atoms with Gasteiger partial charge >= 0.3 is 0 Å². The van der Waals surface area contributed by atoms with Crippen LogP contribution in [-0.2, 0) is 24.2 Å². The number of fused-ring (bicyclic) bond motifs is 1. The lowest BCUT2D eigenvalue weighted by molar-refractivity contribution is -0.131. The average molecular weight is 340 g/mol. The third-order valence-corrected chi connectivity index (χ3v) is 4.98. The summed E-state index contributed by atoms with van der Waals surface area (Å²) in [5.41, 5.74) is 2.79. The van der Waals surface area contributed by atoms with E-state index in [1.807, 2.05) is 11.1 Å². The van der Waals surface area contributed by atoms with E-state index in [0.717, 1.165) is 43.0 Å². The zero-order valence-electron chi connectivity index (χ0n) is 14.0. The van der Waals surface area contributed by atoms with Crippen LogP contribution in [-0.4, -0.2) is 40.4 Å². The Morgan fingerprint density at radius 3 is 3.12 bits per heavy atom. The Morgan fingerprint density at radius 2 is 2.32 bits per heavy atom. The number of carbonyl (C=O) groups excluding carboxylic acids is 1. The molecule has 1 aromatic carbocycles. The van der Waals surface area contributed by atoms with Gasteiger partial charge in [-0.15, -0.1) is 0 Å². The van der Waals surface area contributed by atoms with Gasteiger partial charge in [0.05, 0.1) is 12.1 Å². The second-order valence-electron chi connectivity index (χ2n) is 6.76. The fraction of sp³-hybridized carbons (Fsp3) is 0.421. The molecule has 5 nitrogen and oxygen atoms in total. The fourth-order valence-corrected chi connectivity index (χ4v) is 3.55. The number of carbonyl (C=O) groups is 1. The number of amides is 1. The Hall–Kier alpha value is -2.34. The van der Waals surface area contributed by atoms with Crippen molar-refractivity contribution in [3.8, 4) is 0 Å². The van der Waals surface area contributed by atoms with Crippen LogP contribution in [0, 0.1) is 5.82 Å². The van der Waals surface area contributed by atoms with E-state index in [4.69, 9.17) is 4.98 Å². The number of aromatic nitrogens is 2. The molecule has 0 bridgehead atoms. The van der Waals surface area contributed by atoms with Crippen LogP contribution < -0.4 is 5.32 Å². The molecule has 0 radical (unpaired) electrons. The first-order valence-corrected chi connectivity index (χ1v) is 8.76. The normalized spacial score (nSPS) is 19.7. The summed E-state index contributed by atoms with van der Waals surface area (Å²) < 4.78 is 13.3. The molecule has 1 N–H and O–H groups in total. The van der Waals surface area contributed by atoms with Gasteiger partial charge in [0, 0.05) is 43.7 Å². The van der Waals surface area contributed by atoms with Crippen molar-refractivity contribution >= 4 is 5.91 Å². The van der Waals surface area contributed by atoms with Gasteiger partial charge in [0.15, 0.2) is 0 Å². The van der Waals surface area contributed by atoms with Gasteiger partial charge in [-0.1, -0.05) is 12.1 Å². The molecule has 1 aromatic heterocycles. The topological polar surface area (TPSA) is 58.1 Å². The number of nitrogens with one attached hydrogen (secondary N) is 1. The van der Waals surface area contributed by atoms with Crippen molar-refractivity contribution in [1.29, 1.82) is 0 Å². The lowest BCUT2D eigenvalue weighted by Crippen LogP contribution is -2.37. The van der Waals surface area contributed by atoms with Crippen LogP contribution in [0.25, 0.3) is 0 Å². The van der Waals surface area contributed by atoms with Crippen LogP contribution in [0.3, 0.4) is 0 Å². The maximum Gasteiger partial charge on any atom is 0.227 e. The van der Waals surface area contributed by atoms with E-state index in [-0.39, 0.29) is 18.1 Å². The molecule has 6 heteroatoms. The van der Waals surface area contributed by atoms with E-state index in [9.17, 15) is 9.18 Å². The molecule has 3 heterocycles. The monoisotopic (exact) mass is 340 g/mol. The average Bonchev–Trinajstić information content (AvgIpc) is 3.15. The fourth-order valence-electron chi connectivity index (χ4n) is 3.55. The lowest BCUT2D eigenvalue weighted by Gasteiger charge is -2.28.